The zero-order valence-electron chi connectivity index (χ0n) is 13.3. The van der Waals surface area contributed by atoms with E-state index in [0.717, 1.165) is 24.8 Å². The Bertz CT molecular complexity index is 529. The smallest absolute Gasteiger partial charge is 0.224 e. The van der Waals surface area contributed by atoms with Gasteiger partial charge in [-0.15, -0.1) is 0 Å². The van der Waals surface area contributed by atoms with Gasteiger partial charge in [-0.1, -0.05) is 12.2 Å². The van der Waals surface area contributed by atoms with E-state index in [4.69, 9.17) is 14.2 Å². The average Bonchev–Trinajstić information content (AvgIpc) is 2.54. The van der Waals surface area contributed by atoms with E-state index in [1.54, 1.807) is 21.3 Å². The molecule has 0 radical (unpaired) electrons. The second-order valence-corrected chi connectivity index (χ2v) is 5.26. The largest absolute Gasteiger partial charge is 0.493 e. The van der Waals surface area contributed by atoms with Gasteiger partial charge < -0.3 is 19.5 Å². The Morgan fingerprint density at radius 2 is 1.82 bits per heavy atom. The number of carbonyl (C=O) groups is 1. The first-order chi connectivity index (χ1) is 10.7. The molecule has 1 aliphatic carbocycles. The summed E-state index contributed by atoms with van der Waals surface area (Å²) in [6.07, 6.45) is 7.49. The molecule has 0 heterocycles. The second-order valence-electron chi connectivity index (χ2n) is 5.26. The lowest BCUT2D eigenvalue weighted by Gasteiger charge is -2.19. The van der Waals surface area contributed by atoms with Crippen LogP contribution in [0.1, 0.15) is 24.8 Å². The van der Waals surface area contributed by atoms with Crippen LogP contribution in [-0.4, -0.2) is 33.3 Å². The van der Waals surface area contributed by atoms with Crippen LogP contribution in [0.25, 0.3) is 0 Å². The van der Waals surface area contributed by atoms with E-state index in [2.05, 4.69) is 17.5 Å². The van der Waals surface area contributed by atoms with E-state index in [1.165, 1.54) is 0 Å². The number of methoxy groups -OCH3 is 3. The van der Waals surface area contributed by atoms with Crippen molar-refractivity contribution >= 4 is 5.91 Å². The van der Waals surface area contributed by atoms with Gasteiger partial charge in [0.05, 0.1) is 27.8 Å². The van der Waals surface area contributed by atoms with Crippen LogP contribution >= 0.6 is 0 Å². The van der Waals surface area contributed by atoms with Crippen LogP contribution < -0.4 is 19.5 Å². The zero-order valence-corrected chi connectivity index (χ0v) is 13.3. The lowest BCUT2D eigenvalue weighted by molar-refractivity contribution is -0.121. The van der Waals surface area contributed by atoms with E-state index in [0.29, 0.717) is 17.2 Å². The van der Waals surface area contributed by atoms with Crippen molar-refractivity contribution in [3.8, 4) is 17.2 Å². The van der Waals surface area contributed by atoms with Gasteiger partial charge in [-0.25, -0.2) is 0 Å². The number of allylic oxidation sites excluding steroid dienone is 1. The monoisotopic (exact) mass is 305 g/mol. The van der Waals surface area contributed by atoms with Crippen molar-refractivity contribution in [3.05, 3.63) is 29.8 Å². The Labute approximate surface area is 131 Å². The van der Waals surface area contributed by atoms with E-state index >= 15 is 0 Å². The Balaban J connectivity index is 2.08. The zero-order chi connectivity index (χ0) is 15.9. The topological polar surface area (TPSA) is 56.8 Å². The standard InChI is InChI=1S/C17H23NO4/c1-20-14-9-12(10-15(21-2)17(14)22-3)11-16(19)18-13-7-5-4-6-8-13/h4-5,9-10,13H,6-8,11H2,1-3H3,(H,18,19)/t13-/m1/s1. The highest BCUT2D eigenvalue weighted by molar-refractivity contribution is 5.79. The summed E-state index contributed by atoms with van der Waals surface area (Å²) in [5, 5.41) is 3.07. The molecule has 0 spiro atoms. The molecule has 0 aromatic heterocycles. The van der Waals surface area contributed by atoms with Gasteiger partial charge in [-0.3, -0.25) is 4.79 Å². The van der Waals surface area contributed by atoms with Gasteiger partial charge in [0.15, 0.2) is 11.5 Å². The third-order valence-corrected chi connectivity index (χ3v) is 3.72. The van der Waals surface area contributed by atoms with E-state index < -0.39 is 0 Å². The lowest BCUT2D eigenvalue weighted by atomic mass is 10.0. The van der Waals surface area contributed by atoms with Crippen molar-refractivity contribution in [2.75, 3.05) is 21.3 Å². The highest BCUT2D eigenvalue weighted by Crippen LogP contribution is 2.38. The summed E-state index contributed by atoms with van der Waals surface area (Å²) in [7, 11) is 4.69. The third-order valence-electron chi connectivity index (χ3n) is 3.72. The molecule has 0 fully saturated rings. The summed E-state index contributed by atoms with van der Waals surface area (Å²) < 4.78 is 15.9. The summed E-state index contributed by atoms with van der Waals surface area (Å²) in [6.45, 7) is 0. The SMILES string of the molecule is COc1cc(CC(=O)N[C@@H]2CC=CCC2)cc(OC)c1OC. The number of hydrogen-bond donors (Lipinski definition) is 1. The van der Waals surface area contributed by atoms with Gasteiger partial charge in [-0.2, -0.15) is 0 Å². The van der Waals surface area contributed by atoms with Crippen LogP contribution in [0, 0.1) is 0 Å². The Kier molecular flexibility index (Phi) is 5.69. The van der Waals surface area contributed by atoms with Gasteiger partial charge in [-0.05, 0) is 37.0 Å². The van der Waals surface area contributed by atoms with Crippen LogP contribution in [0.15, 0.2) is 24.3 Å². The third kappa shape index (κ3) is 3.93. The maximum atomic E-state index is 12.2. The number of amides is 1. The molecule has 22 heavy (non-hydrogen) atoms. The normalized spacial score (nSPS) is 17.0. The minimum Gasteiger partial charge on any atom is -0.493 e. The molecule has 0 saturated carbocycles. The number of nitrogens with one attached hydrogen (secondary N) is 1. The average molecular weight is 305 g/mol. The molecule has 1 amide bonds. The van der Waals surface area contributed by atoms with Crippen molar-refractivity contribution in [2.45, 2.75) is 31.7 Å². The summed E-state index contributed by atoms with van der Waals surface area (Å²) in [4.78, 5) is 12.2. The van der Waals surface area contributed by atoms with Crippen LogP contribution in [0.2, 0.25) is 0 Å². The molecule has 1 atom stereocenters. The number of hydrogen-bond acceptors (Lipinski definition) is 4. The second kappa shape index (κ2) is 7.73. The van der Waals surface area contributed by atoms with Gasteiger partial charge >= 0.3 is 0 Å². The predicted octanol–water partition coefficient (Wildman–Crippen LogP) is 2.48. The summed E-state index contributed by atoms with van der Waals surface area (Å²) in [5.74, 6) is 1.66. The molecule has 0 aliphatic heterocycles. The van der Waals surface area contributed by atoms with Crippen LogP contribution in [-0.2, 0) is 11.2 Å². The summed E-state index contributed by atoms with van der Waals surface area (Å²) in [6, 6.07) is 3.85. The van der Waals surface area contributed by atoms with Crippen molar-refractivity contribution in [1.29, 1.82) is 0 Å². The molecule has 1 aliphatic rings. The van der Waals surface area contributed by atoms with Gasteiger partial charge in [0.25, 0.3) is 0 Å². The van der Waals surface area contributed by atoms with Gasteiger partial charge in [0.1, 0.15) is 0 Å². The molecule has 0 bridgehead atoms. The fourth-order valence-corrected chi connectivity index (χ4v) is 2.63. The van der Waals surface area contributed by atoms with E-state index in [-0.39, 0.29) is 18.4 Å². The van der Waals surface area contributed by atoms with E-state index in [9.17, 15) is 4.79 Å². The molecule has 120 valence electrons. The molecular formula is C17H23NO4. The maximum Gasteiger partial charge on any atom is 0.224 e. The number of benzene rings is 1. The summed E-state index contributed by atoms with van der Waals surface area (Å²) >= 11 is 0. The molecule has 1 N–H and O–H groups in total. The molecule has 0 saturated heterocycles. The van der Waals surface area contributed by atoms with Crippen LogP contribution in [0.3, 0.4) is 0 Å². The van der Waals surface area contributed by atoms with Gasteiger partial charge in [0, 0.05) is 6.04 Å². The molecule has 5 heteroatoms. The van der Waals surface area contributed by atoms with Crippen LogP contribution in [0.4, 0.5) is 0 Å². The lowest BCUT2D eigenvalue weighted by Crippen LogP contribution is -2.36. The quantitative estimate of drug-likeness (QED) is 0.820. The maximum absolute atomic E-state index is 12.2. The first-order valence-electron chi connectivity index (χ1n) is 7.41. The molecule has 5 nitrogen and oxygen atoms in total. The molecule has 1 aromatic carbocycles. The van der Waals surface area contributed by atoms with Crippen molar-refractivity contribution in [3.63, 3.8) is 0 Å². The van der Waals surface area contributed by atoms with Crippen LogP contribution in [0.5, 0.6) is 17.2 Å². The fraction of sp³-hybridized carbons (Fsp3) is 0.471. The summed E-state index contributed by atoms with van der Waals surface area (Å²) in [5.41, 5.74) is 0.832. The van der Waals surface area contributed by atoms with Crippen molar-refractivity contribution in [2.24, 2.45) is 0 Å². The Morgan fingerprint density at radius 3 is 2.32 bits per heavy atom. The number of ether oxygens (including phenoxy) is 3. The predicted molar refractivity (Wildman–Crippen MR) is 84.7 cm³/mol. The molecule has 2 rings (SSSR count). The minimum absolute atomic E-state index is 0.00886. The van der Waals surface area contributed by atoms with Gasteiger partial charge in [0.2, 0.25) is 11.7 Å². The van der Waals surface area contributed by atoms with Crippen molar-refractivity contribution in [1.82, 2.24) is 5.32 Å². The molecular weight excluding hydrogens is 282 g/mol. The fourth-order valence-electron chi connectivity index (χ4n) is 2.63. The Hall–Kier alpha value is -2.17. The minimum atomic E-state index is 0.00886. The highest BCUT2D eigenvalue weighted by atomic mass is 16.5. The first-order valence-corrected chi connectivity index (χ1v) is 7.41. The Morgan fingerprint density at radius 1 is 1.14 bits per heavy atom. The van der Waals surface area contributed by atoms with Crippen molar-refractivity contribution < 1.29 is 19.0 Å². The molecule has 0 unspecified atom stereocenters. The number of rotatable bonds is 6. The molecule has 1 aromatic rings. The highest BCUT2D eigenvalue weighted by Gasteiger charge is 2.17. The van der Waals surface area contributed by atoms with E-state index in [1.807, 2.05) is 12.1 Å². The number of carbonyl (C=O) groups excluding carboxylic acids is 1. The first kappa shape index (κ1) is 16.2.